The Labute approximate surface area is 123 Å². The Morgan fingerprint density at radius 1 is 1.05 bits per heavy atom. The van der Waals surface area contributed by atoms with Gasteiger partial charge in [0.1, 0.15) is 5.75 Å². The van der Waals surface area contributed by atoms with Gasteiger partial charge in [0.05, 0.1) is 6.61 Å². The van der Waals surface area contributed by atoms with Crippen LogP contribution in [0.5, 0.6) is 5.75 Å². The van der Waals surface area contributed by atoms with Gasteiger partial charge in [0.25, 0.3) is 0 Å². The van der Waals surface area contributed by atoms with E-state index in [0.29, 0.717) is 0 Å². The predicted molar refractivity (Wildman–Crippen MR) is 84.2 cm³/mol. The molecule has 0 bridgehead atoms. The van der Waals surface area contributed by atoms with E-state index in [1.807, 2.05) is 6.92 Å². The molecule has 1 aliphatic rings. The summed E-state index contributed by atoms with van der Waals surface area (Å²) in [5, 5.41) is 0. The minimum Gasteiger partial charge on any atom is -0.494 e. The second kappa shape index (κ2) is 7.65. The monoisotopic (exact) mass is 276 g/mol. The minimum atomic E-state index is 0.725. The highest BCUT2D eigenvalue weighted by Crippen LogP contribution is 2.15. The quantitative estimate of drug-likeness (QED) is 0.794. The summed E-state index contributed by atoms with van der Waals surface area (Å²) >= 11 is 0. The molecule has 0 unspecified atom stereocenters. The van der Waals surface area contributed by atoms with Crippen molar-refractivity contribution in [2.24, 2.45) is 0 Å². The SMILES string of the molecule is CCOc1ccc(CN2CCN([C@@H](C)CC)CC2)cc1. The number of nitrogens with zero attached hydrogens (tertiary/aromatic N) is 2. The van der Waals surface area contributed by atoms with Gasteiger partial charge in [-0.3, -0.25) is 9.80 Å². The lowest BCUT2D eigenvalue weighted by Crippen LogP contribution is -2.48. The molecule has 0 spiro atoms. The molecule has 1 fully saturated rings. The van der Waals surface area contributed by atoms with Crippen molar-refractivity contribution in [3.8, 4) is 5.75 Å². The third kappa shape index (κ3) is 4.22. The second-order valence-corrected chi connectivity index (χ2v) is 5.65. The maximum Gasteiger partial charge on any atom is 0.119 e. The Kier molecular flexibility index (Phi) is 5.86. The highest BCUT2D eigenvalue weighted by Gasteiger charge is 2.19. The van der Waals surface area contributed by atoms with E-state index in [9.17, 15) is 0 Å². The Balaban J connectivity index is 1.80. The van der Waals surface area contributed by atoms with Crippen LogP contribution in [0.25, 0.3) is 0 Å². The number of ether oxygens (including phenoxy) is 1. The Bertz CT molecular complexity index is 382. The van der Waals surface area contributed by atoms with Crippen LogP contribution in [0.3, 0.4) is 0 Å². The van der Waals surface area contributed by atoms with Crippen molar-refractivity contribution in [3.05, 3.63) is 29.8 Å². The summed E-state index contributed by atoms with van der Waals surface area (Å²) in [4.78, 5) is 5.16. The Morgan fingerprint density at radius 2 is 1.70 bits per heavy atom. The molecule has 0 aliphatic carbocycles. The first-order chi connectivity index (χ1) is 9.72. The van der Waals surface area contributed by atoms with Crippen molar-refractivity contribution >= 4 is 0 Å². The summed E-state index contributed by atoms with van der Waals surface area (Å²) in [7, 11) is 0. The summed E-state index contributed by atoms with van der Waals surface area (Å²) in [6.07, 6.45) is 1.25. The van der Waals surface area contributed by atoms with Gasteiger partial charge in [-0.2, -0.15) is 0 Å². The van der Waals surface area contributed by atoms with Crippen molar-refractivity contribution in [2.45, 2.75) is 39.8 Å². The molecule has 0 N–H and O–H groups in total. The number of benzene rings is 1. The highest BCUT2D eigenvalue weighted by atomic mass is 16.5. The molecule has 0 amide bonds. The van der Waals surface area contributed by atoms with E-state index in [1.54, 1.807) is 0 Å². The minimum absolute atomic E-state index is 0.725. The Morgan fingerprint density at radius 3 is 2.25 bits per heavy atom. The van der Waals surface area contributed by atoms with Gasteiger partial charge in [0.2, 0.25) is 0 Å². The maximum atomic E-state index is 5.48. The summed E-state index contributed by atoms with van der Waals surface area (Å²) in [6.45, 7) is 13.2. The number of hydrogen-bond acceptors (Lipinski definition) is 3. The lowest BCUT2D eigenvalue weighted by molar-refractivity contribution is 0.0963. The average Bonchev–Trinajstić information content (AvgIpc) is 2.49. The third-order valence-electron chi connectivity index (χ3n) is 4.26. The largest absolute Gasteiger partial charge is 0.494 e. The van der Waals surface area contributed by atoms with Gasteiger partial charge in [-0.15, -0.1) is 0 Å². The fourth-order valence-corrected chi connectivity index (χ4v) is 2.74. The van der Waals surface area contributed by atoms with Gasteiger partial charge in [0, 0.05) is 38.8 Å². The summed E-state index contributed by atoms with van der Waals surface area (Å²) in [6, 6.07) is 9.25. The smallest absolute Gasteiger partial charge is 0.119 e. The molecular weight excluding hydrogens is 248 g/mol. The molecule has 0 radical (unpaired) electrons. The predicted octanol–water partition coefficient (Wildman–Crippen LogP) is 3.00. The fraction of sp³-hybridized carbons (Fsp3) is 0.647. The zero-order chi connectivity index (χ0) is 14.4. The van der Waals surface area contributed by atoms with Crippen molar-refractivity contribution in [3.63, 3.8) is 0 Å². The van der Waals surface area contributed by atoms with Gasteiger partial charge in [-0.25, -0.2) is 0 Å². The van der Waals surface area contributed by atoms with E-state index in [-0.39, 0.29) is 0 Å². The van der Waals surface area contributed by atoms with Gasteiger partial charge >= 0.3 is 0 Å². The van der Waals surface area contributed by atoms with E-state index in [0.717, 1.165) is 24.9 Å². The molecule has 1 aromatic carbocycles. The molecule has 3 nitrogen and oxygen atoms in total. The van der Waals surface area contributed by atoms with Crippen molar-refractivity contribution in [2.75, 3.05) is 32.8 Å². The molecular formula is C17H28N2O. The number of hydrogen-bond donors (Lipinski definition) is 0. The van der Waals surface area contributed by atoms with Crippen molar-refractivity contribution in [1.82, 2.24) is 9.80 Å². The van der Waals surface area contributed by atoms with Gasteiger partial charge < -0.3 is 4.74 Å². The molecule has 0 saturated carbocycles. The molecule has 2 rings (SSSR count). The van der Waals surface area contributed by atoms with Crippen LogP contribution < -0.4 is 4.74 Å². The lowest BCUT2D eigenvalue weighted by atomic mass is 10.1. The van der Waals surface area contributed by atoms with Gasteiger partial charge in [-0.1, -0.05) is 19.1 Å². The van der Waals surface area contributed by atoms with E-state index in [1.165, 1.54) is 38.2 Å². The third-order valence-corrected chi connectivity index (χ3v) is 4.26. The maximum absolute atomic E-state index is 5.48. The average molecular weight is 276 g/mol. The Hall–Kier alpha value is -1.06. The van der Waals surface area contributed by atoms with Crippen LogP contribution in [-0.2, 0) is 6.54 Å². The van der Waals surface area contributed by atoms with Crippen LogP contribution in [0.1, 0.15) is 32.8 Å². The zero-order valence-electron chi connectivity index (χ0n) is 13.1. The molecule has 1 aromatic rings. The van der Waals surface area contributed by atoms with Crippen LogP contribution in [0, 0.1) is 0 Å². The number of piperazine rings is 1. The first kappa shape index (κ1) is 15.3. The lowest BCUT2D eigenvalue weighted by Gasteiger charge is -2.37. The topological polar surface area (TPSA) is 15.7 Å². The van der Waals surface area contributed by atoms with E-state index in [4.69, 9.17) is 4.74 Å². The van der Waals surface area contributed by atoms with E-state index in [2.05, 4.69) is 47.9 Å². The van der Waals surface area contributed by atoms with Crippen LogP contribution in [0.15, 0.2) is 24.3 Å². The van der Waals surface area contributed by atoms with E-state index >= 15 is 0 Å². The standard InChI is InChI=1S/C17H28N2O/c1-4-15(3)19-12-10-18(11-13-19)14-16-6-8-17(9-7-16)20-5-2/h6-9,15H,4-5,10-14H2,1-3H3/t15-/m0/s1. The van der Waals surface area contributed by atoms with Crippen molar-refractivity contribution in [1.29, 1.82) is 0 Å². The summed E-state index contributed by atoms with van der Waals surface area (Å²) < 4.78 is 5.48. The highest BCUT2D eigenvalue weighted by molar-refractivity contribution is 5.27. The number of rotatable bonds is 6. The van der Waals surface area contributed by atoms with E-state index < -0.39 is 0 Å². The van der Waals surface area contributed by atoms with Gasteiger partial charge in [-0.05, 0) is 38.0 Å². The molecule has 3 heteroatoms. The fourth-order valence-electron chi connectivity index (χ4n) is 2.74. The van der Waals surface area contributed by atoms with Crippen molar-refractivity contribution < 1.29 is 4.74 Å². The first-order valence-corrected chi connectivity index (χ1v) is 7.91. The zero-order valence-corrected chi connectivity index (χ0v) is 13.1. The molecule has 1 heterocycles. The summed E-state index contributed by atoms with van der Waals surface area (Å²) in [5.74, 6) is 0.970. The van der Waals surface area contributed by atoms with Gasteiger partial charge in [0.15, 0.2) is 0 Å². The molecule has 112 valence electrons. The van der Waals surface area contributed by atoms with Crippen LogP contribution in [0.4, 0.5) is 0 Å². The van der Waals surface area contributed by atoms with Crippen LogP contribution in [0.2, 0.25) is 0 Å². The summed E-state index contributed by atoms with van der Waals surface area (Å²) in [5.41, 5.74) is 1.38. The first-order valence-electron chi connectivity index (χ1n) is 7.91. The van der Waals surface area contributed by atoms with Crippen LogP contribution in [-0.4, -0.2) is 48.6 Å². The van der Waals surface area contributed by atoms with Crippen LogP contribution >= 0.6 is 0 Å². The molecule has 1 saturated heterocycles. The molecule has 20 heavy (non-hydrogen) atoms. The molecule has 1 atom stereocenters. The normalized spacial score (nSPS) is 18.9. The molecule has 0 aromatic heterocycles. The second-order valence-electron chi connectivity index (χ2n) is 5.65. The molecule has 1 aliphatic heterocycles.